The van der Waals surface area contributed by atoms with Crippen LogP contribution in [0.15, 0.2) is 60.7 Å². The van der Waals surface area contributed by atoms with Gasteiger partial charge in [0.25, 0.3) is 0 Å². The van der Waals surface area contributed by atoms with Crippen LogP contribution in [-0.2, 0) is 13.0 Å². The SMILES string of the molecule is CCCc1nc2c(C)cc(NC(=O)NC3CCCCC3)cc2n1Cc1ccc(-c2ccccc2OC(=O)O)cc1. The molecule has 3 aromatic carbocycles. The zero-order chi connectivity index (χ0) is 28.1. The van der Waals surface area contributed by atoms with E-state index in [0.717, 1.165) is 64.9 Å². The van der Waals surface area contributed by atoms with Gasteiger partial charge in [0, 0.05) is 30.3 Å². The Morgan fingerprint density at radius 1 is 1.05 bits per heavy atom. The van der Waals surface area contributed by atoms with E-state index in [2.05, 4.69) is 22.1 Å². The number of para-hydroxylation sites is 1. The van der Waals surface area contributed by atoms with Crippen molar-refractivity contribution in [2.75, 3.05) is 5.32 Å². The van der Waals surface area contributed by atoms with Crippen molar-refractivity contribution in [1.29, 1.82) is 0 Å². The lowest BCUT2D eigenvalue weighted by molar-refractivity contribution is 0.144. The highest BCUT2D eigenvalue weighted by Gasteiger charge is 2.18. The molecule has 0 atom stereocenters. The van der Waals surface area contributed by atoms with Crippen LogP contribution in [0.4, 0.5) is 15.3 Å². The lowest BCUT2D eigenvalue weighted by atomic mass is 9.96. The van der Waals surface area contributed by atoms with Gasteiger partial charge in [0.2, 0.25) is 0 Å². The Morgan fingerprint density at radius 2 is 1.80 bits per heavy atom. The van der Waals surface area contributed by atoms with E-state index in [9.17, 15) is 9.59 Å². The second-order valence-corrected chi connectivity index (χ2v) is 10.5. The van der Waals surface area contributed by atoms with Crippen molar-refractivity contribution in [1.82, 2.24) is 14.9 Å². The molecule has 0 aliphatic heterocycles. The number of hydrogen-bond donors (Lipinski definition) is 3. The minimum Gasteiger partial charge on any atom is -0.449 e. The number of carbonyl (C=O) groups is 2. The second-order valence-electron chi connectivity index (χ2n) is 10.5. The number of benzene rings is 3. The van der Waals surface area contributed by atoms with Gasteiger partial charge in [-0.05, 0) is 61.1 Å². The first-order valence-electron chi connectivity index (χ1n) is 14.1. The van der Waals surface area contributed by atoms with Crippen LogP contribution in [0.2, 0.25) is 0 Å². The van der Waals surface area contributed by atoms with Crippen molar-refractivity contribution >= 4 is 28.9 Å². The highest BCUT2D eigenvalue weighted by Crippen LogP contribution is 2.31. The summed E-state index contributed by atoms with van der Waals surface area (Å²) in [4.78, 5) is 28.9. The van der Waals surface area contributed by atoms with Gasteiger partial charge in [0.15, 0.2) is 0 Å². The van der Waals surface area contributed by atoms with Crippen molar-refractivity contribution < 1.29 is 19.4 Å². The third-order valence-corrected chi connectivity index (χ3v) is 7.49. The number of anilines is 1. The lowest BCUT2D eigenvalue weighted by Gasteiger charge is -2.23. The van der Waals surface area contributed by atoms with Crippen LogP contribution in [0, 0.1) is 6.92 Å². The van der Waals surface area contributed by atoms with E-state index in [4.69, 9.17) is 14.8 Å². The summed E-state index contributed by atoms with van der Waals surface area (Å²) in [6, 6.07) is 19.2. The van der Waals surface area contributed by atoms with Gasteiger partial charge in [-0.3, -0.25) is 0 Å². The van der Waals surface area contributed by atoms with E-state index >= 15 is 0 Å². The number of amides is 2. The van der Waals surface area contributed by atoms with Gasteiger partial charge in [-0.25, -0.2) is 14.6 Å². The molecule has 5 rings (SSSR count). The van der Waals surface area contributed by atoms with Gasteiger partial charge in [0.1, 0.15) is 11.6 Å². The largest absolute Gasteiger partial charge is 0.511 e. The number of hydrogen-bond acceptors (Lipinski definition) is 4. The van der Waals surface area contributed by atoms with Crippen LogP contribution >= 0.6 is 0 Å². The lowest BCUT2D eigenvalue weighted by Crippen LogP contribution is -2.39. The Kier molecular flexibility index (Phi) is 8.34. The topological polar surface area (TPSA) is 105 Å². The maximum absolute atomic E-state index is 12.8. The predicted molar refractivity (Wildman–Crippen MR) is 157 cm³/mol. The number of ether oxygens (including phenoxy) is 1. The third kappa shape index (κ3) is 6.28. The van der Waals surface area contributed by atoms with Gasteiger partial charge in [0.05, 0.1) is 11.0 Å². The highest BCUT2D eigenvalue weighted by molar-refractivity contribution is 5.93. The van der Waals surface area contributed by atoms with Crippen LogP contribution in [0.1, 0.15) is 62.4 Å². The first-order valence-corrected chi connectivity index (χ1v) is 14.1. The highest BCUT2D eigenvalue weighted by atomic mass is 16.7. The van der Waals surface area contributed by atoms with Gasteiger partial charge in [-0.1, -0.05) is 68.7 Å². The minimum atomic E-state index is -1.34. The molecular formula is C32H36N4O4. The molecular weight excluding hydrogens is 504 g/mol. The number of nitrogens with zero attached hydrogens (tertiary/aromatic N) is 2. The molecule has 1 aromatic heterocycles. The first-order chi connectivity index (χ1) is 19.4. The number of carboxylic acid groups (broad SMARTS) is 1. The molecule has 0 unspecified atom stereocenters. The molecule has 0 saturated heterocycles. The van der Waals surface area contributed by atoms with E-state index in [1.807, 2.05) is 55.5 Å². The molecule has 0 bridgehead atoms. The molecule has 1 heterocycles. The van der Waals surface area contributed by atoms with Crippen LogP contribution in [0.5, 0.6) is 5.75 Å². The van der Waals surface area contributed by atoms with E-state index in [-0.39, 0.29) is 12.1 Å². The van der Waals surface area contributed by atoms with E-state index < -0.39 is 6.16 Å². The Morgan fingerprint density at radius 3 is 2.52 bits per heavy atom. The number of rotatable bonds is 8. The summed E-state index contributed by atoms with van der Waals surface area (Å²) in [5.41, 5.74) is 6.38. The first kappa shape index (κ1) is 27.2. The Labute approximate surface area is 234 Å². The molecule has 3 N–H and O–H groups in total. The average molecular weight is 541 g/mol. The van der Waals surface area contributed by atoms with Crippen molar-refractivity contribution in [2.45, 2.75) is 71.4 Å². The van der Waals surface area contributed by atoms with Crippen LogP contribution in [0.3, 0.4) is 0 Å². The Hall–Kier alpha value is -4.33. The predicted octanol–water partition coefficient (Wildman–Crippen LogP) is 7.52. The third-order valence-electron chi connectivity index (χ3n) is 7.49. The molecule has 1 aliphatic rings. The molecule has 1 fully saturated rings. The van der Waals surface area contributed by atoms with Crippen LogP contribution in [-0.4, -0.2) is 32.9 Å². The standard InChI is InChI=1S/C32H36N4O4/c1-3-9-29-35-30-21(2)18-25(34-31(37)33-24-10-5-4-6-11-24)19-27(30)36(29)20-22-14-16-23(17-15-22)26-12-7-8-13-28(26)40-32(38)39/h7-8,12-19,24H,3-6,9-11,20H2,1-2H3,(H,38,39)(H2,33,34,37). The summed E-state index contributed by atoms with van der Waals surface area (Å²) in [7, 11) is 0. The zero-order valence-electron chi connectivity index (χ0n) is 23.1. The maximum atomic E-state index is 12.8. The monoisotopic (exact) mass is 540 g/mol. The molecule has 8 heteroatoms. The Bertz CT molecular complexity index is 1500. The molecule has 40 heavy (non-hydrogen) atoms. The van der Waals surface area contributed by atoms with E-state index in [1.165, 1.54) is 19.3 Å². The number of aromatic nitrogens is 2. The summed E-state index contributed by atoms with van der Waals surface area (Å²) in [6.45, 7) is 4.80. The summed E-state index contributed by atoms with van der Waals surface area (Å²) >= 11 is 0. The van der Waals surface area contributed by atoms with Crippen LogP contribution < -0.4 is 15.4 Å². The fourth-order valence-electron chi connectivity index (χ4n) is 5.56. The number of nitrogens with one attached hydrogen (secondary N) is 2. The van der Waals surface area contributed by atoms with Crippen molar-refractivity contribution in [3.63, 3.8) is 0 Å². The summed E-state index contributed by atoms with van der Waals surface area (Å²) < 4.78 is 7.20. The van der Waals surface area contributed by atoms with Crippen molar-refractivity contribution in [2.24, 2.45) is 0 Å². The summed E-state index contributed by atoms with van der Waals surface area (Å²) in [5.74, 6) is 1.31. The normalized spacial score (nSPS) is 13.8. The van der Waals surface area contributed by atoms with Crippen molar-refractivity contribution in [3.8, 4) is 16.9 Å². The number of aryl methyl sites for hydroxylation is 2. The summed E-state index contributed by atoms with van der Waals surface area (Å²) in [6.07, 6.45) is 6.13. The number of fused-ring (bicyclic) bond motifs is 1. The van der Waals surface area contributed by atoms with Crippen molar-refractivity contribution in [3.05, 3.63) is 77.6 Å². The fraction of sp³-hybridized carbons (Fsp3) is 0.344. The number of carbonyl (C=O) groups excluding carboxylic acids is 1. The van der Waals surface area contributed by atoms with Gasteiger partial charge >= 0.3 is 12.2 Å². The van der Waals surface area contributed by atoms with Gasteiger partial charge < -0.3 is 25.0 Å². The van der Waals surface area contributed by atoms with Gasteiger partial charge in [-0.2, -0.15) is 0 Å². The maximum Gasteiger partial charge on any atom is 0.511 e. The quantitative estimate of drug-likeness (QED) is 0.158. The van der Waals surface area contributed by atoms with E-state index in [1.54, 1.807) is 12.1 Å². The minimum absolute atomic E-state index is 0.159. The number of imidazole rings is 1. The fourth-order valence-corrected chi connectivity index (χ4v) is 5.56. The molecule has 0 spiro atoms. The summed E-state index contributed by atoms with van der Waals surface area (Å²) in [5, 5.41) is 15.3. The molecule has 4 aromatic rings. The van der Waals surface area contributed by atoms with E-state index in [0.29, 0.717) is 17.9 Å². The smallest absolute Gasteiger partial charge is 0.449 e. The molecule has 1 aliphatic carbocycles. The van der Waals surface area contributed by atoms with Gasteiger partial charge in [-0.15, -0.1) is 0 Å². The molecule has 2 amide bonds. The molecule has 1 saturated carbocycles. The zero-order valence-corrected chi connectivity index (χ0v) is 23.1. The Balaban J connectivity index is 1.41. The molecule has 208 valence electrons. The van der Waals surface area contributed by atoms with Crippen LogP contribution in [0.25, 0.3) is 22.2 Å². The molecule has 8 nitrogen and oxygen atoms in total. The average Bonchev–Trinajstić information content (AvgIpc) is 3.27. The second kappa shape index (κ2) is 12.2. The number of urea groups is 1. The molecule has 0 radical (unpaired) electrons.